The van der Waals surface area contributed by atoms with E-state index in [4.69, 9.17) is 9.47 Å². The molecule has 1 aromatic rings. The van der Waals surface area contributed by atoms with E-state index in [1.807, 2.05) is 0 Å². The number of carbonyl (C=O) groups excluding carboxylic acids is 3. The number of halogens is 1. The minimum absolute atomic E-state index is 0.0460. The van der Waals surface area contributed by atoms with Gasteiger partial charge in [-0.1, -0.05) is 12.1 Å². The average molecular weight is 350 g/mol. The SMILES string of the molecule is O=C(OCC(=O)N1CCOCC1)[C@@H]1CC(=O)N(c2ccccc2F)C1. The Morgan fingerprint density at radius 3 is 2.68 bits per heavy atom. The number of nitrogens with zero attached hydrogens (tertiary/aromatic N) is 2. The van der Waals surface area contributed by atoms with Crippen molar-refractivity contribution in [2.75, 3.05) is 44.4 Å². The van der Waals surface area contributed by atoms with Crippen LogP contribution in [0, 0.1) is 11.7 Å². The van der Waals surface area contributed by atoms with Gasteiger partial charge in [0.25, 0.3) is 5.91 Å². The van der Waals surface area contributed by atoms with Gasteiger partial charge in [-0.3, -0.25) is 14.4 Å². The van der Waals surface area contributed by atoms with Gasteiger partial charge in [0.05, 0.1) is 24.8 Å². The van der Waals surface area contributed by atoms with Crippen molar-refractivity contribution in [3.8, 4) is 0 Å². The van der Waals surface area contributed by atoms with E-state index in [-0.39, 0.29) is 37.1 Å². The molecule has 0 bridgehead atoms. The summed E-state index contributed by atoms with van der Waals surface area (Å²) >= 11 is 0. The van der Waals surface area contributed by atoms with Gasteiger partial charge in [0, 0.05) is 26.1 Å². The topological polar surface area (TPSA) is 76.1 Å². The Kier molecular flexibility index (Phi) is 5.28. The first kappa shape index (κ1) is 17.3. The van der Waals surface area contributed by atoms with E-state index in [1.165, 1.54) is 23.1 Å². The first-order chi connectivity index (χ1) is 12.1. The van der Waals surface area contributed by atoms with E-state index in [9.17, 15) is 18.8 Å². The Balaban J connectivity index is 1.54. The third kappa shape index (κ3) is 3.96. The van der Waals surface area contributed by atoms with Crippen LogP contribution in [0.2, 0.25) is 0 Å². The van der Waals surface area contributed by atoms with Gasteiger partial charge in [0.15, 0.2) is 6.61 Å². The number of esters is 1. The Morgan fingerprint density at radius 1 is 1.24 bits per heavy atom. The highest BCUT2D eigenvalue weighted by molar-refractivity contribution is 5.99. The number of hydrogen-bond donors (Lipinski definition) is 0. The van der Waals surface area contributed by atoms with Crippen LogP contribution in [0.1, 0.15) is 6.42 Å². The van der Waals surface area contributed by atoms with Crippen LogP contribution in [-0.2, 0) is 23.9 Å². The van der Waals surface area contributed by atoms with Crippen molar-refractivity contribution in [3.05, 3.63) is 30.1 Å². The van der Waals surface area contributed by atoms with E-state index in [0.29, 0.717) is 26.3 Å². The van der Waals surface area contributed by atoms with E-state index >= 15 is 0 Å². The fourth-order valence-electron chi connectivity index (χ4n) is 2.92. The third-order valence-corrected chi connectivity index (χ3v) is 4.30. The van der Waals surface area contributed by atoms with Gasteiger partial charge in [-0.25, -0.2) is 4.39 Å². The van der Waals surface area contributed by atoms with E-state index in [0.717, 1.165) is 0 Å². The second kappa shape index (κ2) is 7.60. The number of hydrogen-bond acceptors (Lipinski definition) is 5. The van der Waals surface area contributed by atoms with Gasteiger partial charge in [0.2, 0.25) is 5.91 Å². The molecule has 134 valence electrons. The van der Waals surface area contributed by atoms with Crippen molar-refractivity contribution in [1.29, 1.82) is 0 Å². The highest BCUT2D eigenvalue weighted by Gasteiger charge is 2.37. The van der Waals surface area contributed by atoms with Gasteiger partial charge < -0.3 is 19.3 Å². The van der Waals surface area contributed by atoms with Crippen LogP contribution >= 0.6 is 0 Å². The summed E-state index contributed by atoms with van der Waals surface area (Å²) in [6.45, 7) is 1.56. The van der Waals surface area contributed by atoms with Crippen LogP contribution in [0.4, 0.5) is 10.1 Å². The number of benzene rings is 1. The maximum Gasteiger partial charge on any atom is 0.311 e. The lowest BCUT2D eigenvalue weighted by molar-refractivity contribution is -0.156. The van der Waals surface area contributed by atoms with Gasteiger partial charge in [-0.05, 0) is 12.1 Å². The molecule has 2 heterocycles. The molecule has 1 atom stereocenters. The molecule has 25 heavy (non-hydrogen) atoms. The second-order valence-corrected chi connectivity index (χ2v) is 5.96. The van der Waals surface area contributed by atoms with Crippen LogP contribution in [0.3, 0.4) is 0 Å². The molecule has 8 heteroatoms. The number of rotatable bonds is 4. The largest absolute Gasteiger partial charge is 0.455 e. The molecule has 0 saturated carbocycles. The first-order valence-corrected chi connectivity index (χ1v) is 8.13. The molecule has 1 aromatic carbocycles. The lowest BCUT2D eigenvalue weighted by Crippen LogP contribution is -2.43. The molecule has 2 aliphatic rings. The molecule has 3 rings (SSSR count). The molecular formula is C17H19FN2O5. The Morgan fingerprint density at radius 2 is 1.96 bits per heavy atom. The van der Waals surface area contributed by atoms with E-state index < -0.39 is 17.7 Å². The highest BCUT2D eigenvalue weighted by Crippen LogP contribution is 2.27. The summed E-state index contributed by atoms with van der Waals surface area (Å²) in [5.74, 6) is -2.47. The molecule has 0 radical (unpaired) electrons. The van der Waals surface area contributed by atoms with E-state index in [2.05, 4.69) is 0 Å². The van der Waals surface area contributed by atoms with Crippen molar-refractivity contribution >= 4 is 23.5 Å². The molecule has 2 fully saturated rings. The zero-order chi connectivity index (χ0) is 17.8. The molecule has 0 N–H and O–H groups in total. The standard InChI is InChI=1S/C17H19FN2O5/c18-13-3-1-2-4-14(13)20-10-12(9-15(20)21)17(23)25-11-16(22)19-5-7-24-8-6-19/h1-4,12H,5-11H2/t12-/m1/s1. The van der Waals surface area contributed by atoms with Crippen molar-refractivity contribution in [2.45, 2.75) is 6.42 Å². The summed E-state index contributed by atoms with van der Waals surface area (Å²) in [5, 5.41) is 0. The van der Waals surface area contributed by atoms with Crippen molar-refractivity contribution in [1.82, 2.24) is 4.90 Å². The Hall–Kier alpha value is -2.48. The lowest BCUT2D eigenvalue weighted by Gasteiger charge is -2.26. The van der Waals surface area contributed by atoms with Gasteiger partial charge >= 0.3 is 5.97 Å². The molecule has 0 aliphatic carbocycles. The summed E-state index contributed by atoms with van der Waals surface area (Å²) in [7, 11) is 0. The second-order valence-electron chi connectivity index (χ2n) is 5.96. The monoisotopic (exact) mass is 350 g/mol. The highest BCUT2D eigenvalue weighted by atomic mass is 19.1. The van der Waals surface area contributed by atoms with E-state index in [1.54, 1.807) is 11.0 Å². The van der Waals surface area contributed by atoms with Crippen molar-refractivity contribution in [2.24, 2.45) is 5.92 Å². The quantitative estimate of drug-likeness (QED) is 0.743. The third-order valence-electron chi connectivity index (χ3n) is 4.30. The molecular weight excluding hydrogens is 331 g/mol. The zero-order valence-corrected chi connectivity index (χ0v) is 13.7. The zero-order valence-electron chi connectivity index (χ0n) is 13.7. The molecule has 2 aliphatic heterocycles. The molecule has 7 nitrogen and oxygen atoms in total. The maximum absolute atomic E-state index is 13.8. The molecule has 2 saturated heterocycles. The maximum atomic E-state index is 13.8. The number of ether oxygens (including phenoxy) is 2. The number of para-hydroxylation sites is 1. The Labute approximate surface area is 144 Å². The minimum Gasteiger partial charge on any atom is -0.455 e. The average Bonchev–Trinajstić information content (AvgIpc) is 3.02. The van der Waals surface area contributed by atoms with Gasteiger partial charge in [0.1, 0.15) is 5.82 Å². The van der Waals surface area contributed by atoms with Crippen LogP contribution < -0.4 is 4.90 Å². The minimum atomic E-state index is -0.704. The summed E-state index contributed by atoms with van der Waals surface area (Å²) < 4.78 is 24.0. The summed E-state index contributed by atoms with van der Waals surface area (Å²) in [5.41, 5.74) is 0.146. The van der Waals surface area contributed by atoms with Crippen LogP contribution in [0.15, 0.2) is 24.3 Å². The predicted molar refractivity (Wildman–Crippen MR) is 85.2 cm³/mol. The smallest absolute Gasteiger partial charge is 0.311 e. The fraction of sp³-hybridized carbons (Fsp3) is 0.471. The van der Waals surface area contributed by atoms with Crippen molar-refractivity contribution < 1.29 is 28.2 Å². The number of anilines is 1. The molecule has 0 unspecified atom stereocenters. The van der Waals surface area contributed by atoms with Crippen molar-refractivity contribution in [3.63, 3.8) is 0 Å². The van der Waals surface area contributed by atoms with Crippen LogP contribution in [0.25, 0.3) is 0 Å². The summed E-state index contributed by atoms with van der Waals surface area (Å²) in [6.07, 6.45) is -0.0566. The predicted octanol–water partition coefficient (Wildman–Crippen LogP) is 0.581. The molecule has 0 aromatic heterocycles. The normalized spacial score (nSPS) is 20.7. The lowest BCUT2D eigenvalue weighted by atomic mass is 10.1. The first-order valence-electron chi connectivity index (χ1n) is 8.13. The molecule has 0 spiro atoms. The summed E-state index contributed by atoms with van der Waals surface area (Å²) in [4.78, 5) is 39.0. The Bertz CT molecular complexity index is 675. The fourth-order valence-corrected chi connectivity index (χ4v) is 2.92. The van der Waals surface area contributed by atoms with Crippen LogP contribution in [0.5, 0.6) is 0 Å². The number of carbonyl (C=O) groups is 3. The van der Waals surface area contributed by atoms with Gasteiger partial charge in [-0.2, -0.15) is 0 Å². The number of morpholine rings is 1. The van der Waals surface area contributed by atoms with Gasteiger partial charge in [-0.15, -0.1) is 0 Å². The van der Waals surface area contributed by atoms with Crippen LogP contribution in [-0.4, -0.2) is 62.1 Å². The molecule has 2 amide bonds. The summed E-state index contributed by atoms with van der Waals surface area (Å²) in [6, 6.07) is 5.90. The number of amides is 2.